The Hall–Kier alpha value is -1.03. The Balaban J connectivity index is 2.22. The Morgan fingerprint density at radius 1 is 1.14 bits per heavy atom. The van der Waals surface area contributed by atoms with E-state index < -0.39 is 0 Å². The fraction of sp³-hybridized carbons (Fsp3) is 0.294. The maximum atomic E-state index is 6.00. The van der Waals surface area contributed by atoms with Gasteiger partial charge in [-0.3, -0.25) is 0 Å². The smallest absolute Gasteiger partial charge is 0.131 e. The van der Waals surface area contributed by atoms with Gasteiger partial charge in [0.25, 0.3) is 0 Å². The number of benzene rings is 2. The van der Waals surface area contributed by atoms with Gasteiger partial charge in [0.05, 0.1) is 0 Å². The summed E-state index contributed by atoms with van der Waals surface area (Å²) in [5, 5.41) is 4.14. The zero-order valence-corrected chi connectivity index (χ0v) is 14.8. The number of hydrogen-bond donors (Lipinski definition) is 1. The molecule has 0 aliphatic heterocycles. The van der Waals surface area contributed by atoms with Gasteiger partial charge >= 0.3 is 0 Å². The lowest BCUT2D eigenvalue weighted by atomic mass is 10.1. The van der Waals surface area contributed by atoms with Crippen LogP contribution in [0.15, 0.2) is 46.9 Å². The van der Waals surface area contributed by atoms with E-state index in [1.807, 2.05) is 36.4 Å². The molecule has 0 spiro atoms. The number of halogens is 2. The van der Waals surface area contributed by atoms with E-state index in [4.69, 9.17) is 16.3 Å². The lowest BCUT2D eigenvalue weighted by Gasteiger charge is -2.21. The molecule has 0 aromatic heterocycles. The highest BCUT2D eigenvalue weighted by molar-refractivity contribution is 9.10. The van der Waals surface area contributed by atoms with Crippen molar-refractivity contribution < 1.29 is 4.74 Å². The summed E-state index contributed by atoms with van der Waals surface area (Å²) in [6, 6.07) is 13.4. The van der Waals surface area contributed by atoms with Gasteiger partial charge in [-0.15, -0.1) is 0 Å². The molecule has 1 N–H and O–H groups in total. The van der Waals surface area contributed by atoms with Crippen LogP contribution < -0.4 is 10.1 Å². The number of nitrogens with one attached hydrogen (secondary N) is 1. The molecule has 112 valence electrons. The first-order chi connectivity index (χ1) is 9.83. The van der Waals surface area contributed by atoms with Gasteiger partial charge in [-0.2, -0.15) is 0 Å². The second-order valence-corrected chi connectivity index (χ2v) is 7.27. The summed E-state index contributed by atoms with van der Waals surface area (Å²) in [6.07, 6.45) is 0. The molecule has 0 unspecified atom stereocenters. The summed E-state index contributed by atoms with van der Waals surface area (Å²) < 4.78 is 7.00. The quantitative estimate of drug-likeness (QED) is 0.738. The first kappa shape index (κ1) is 16.3. The molecule has 2 rings (SSSR count). The Labute approximate surface area is 139 Å². The minimum absolute atomic E-state index is 0.0512. The van der Waals surface area contributed by atoms with E-state index in [2.05, 4.69) is 48.1 Å². The van der Waals surface area contributed by atoms with Gasteiger partial charge in [-0.1, -0.05) is 33.6 Å². The highest BCUT2D eigenvalue weighted by Gasteiger charge is 2.12. The summed E-state index contributed by atoms with van der Waals surface area (Å²) >= 11 is 9.51. The molecule has 0 saturated heterocycles. The van der Waals surface area contributed by atoms with Crippen LogP contribution in [0.25, 0.3) is 0 Å². The van der Waals surface area contributed by atoms with Gasteiger partial charge in [0.2, 0.25) is 0 Å². The first-order valence-corrected chi connectivity index (χ1v) is 7.97. The van der Waals surface area contributed by atoms with Crippen molar-refractivity contribution in [3.63, 3.8) is 0 Å². The Morgan fingerprint density at radius 2 is 1.90 bits per heavy atom. The summed E-state index contributed by atoms with van der Waals surface area (Å²) in [6.45, 7) is 7.16. The van der Waals surface area contributed by atoms with Gasteiger partial charge in [0.1, 0.15) is 11.5 Å². The van der Waals surface area contributed by atoms with E-state index >= 15 is 0 Å². The van der Waals surface area contributed by atoms with Crippen LogP contribution in [-0.4, -0.2) is 5.54 Å². The third kappa shape index (κ3) is 5.34. The van der Waals surface area contributed by atoms with Crippen molar-refractivity contribution in [3.05, 3.63) is 57.5 Å². The maximum absolute atomic E-state index is 6.00. The fourth-order valence-electron chi connectivity index (χ4n) is 1.80. The van der Waals surface area contributed by atoms with Crippen LogP contribution in [0.2, 0.25) is 5.02 Å². The van der Waals surface area contributed by atoms with Gasteiger partial charge in [-0.05, 0) is 57.2 Å². The fourth-order valence-corrected chi connectivity index (χ4v) is 2.39. The first-order valence-electron chi connectivity index (χ1n) is 6.80. The third-order valence-electron chi connectivity index (χ3n) is 2.86. The largest absolute Gasteiger partial charge is 0.457 e. The monoisotopic (exact) mass is 367 g/mol. The van der Waals surface area contributed by atoms with Crippen LogP contribution in [-0.2, 0) is 6.54 Å². The summed E-state index contributed by atoms with van der Waals surface area (Å²) in [5.41, 5.74) is 1.15. The van der Waals surface area contributed by atoms with Crippen LogP contribution in [0.4, 0.5) is 0 Å². The van der Waals surface area contributed by atoms with Crippen molar-refractivity contribution in [1.82, 2.24) is 5.32 Å². The molecule has 2 aromatic carbocycles. The van der Waals surface area contributed by atoms with Crippen LogP contribution in [0, 0.1) is 0 Å². The van der Waals surface area contributed by atoms with Crippen molar-refractivity contribution >= 4 is 27.5 Å². The highest BCUT2D eigenvalue weighted by Crippen LogP contribution is 2.29. The van der Waals surface area contributed by atoms with Crippen molar-refractivity contribution in [2.75, 3.05) is 0 Å². The van der Waals surface area contributed by atoms with Crippen LogP contribution in [0.1, 0.15) is 26.3 Å². The molecule has 0 heterocycles. The van der Waals surface area contributed by atoms with Crippen LogP contribution in [0.3, 0.4) is 0 Å². The molecular formula is C17H19BrClNO. The van der Waals surface area contributed by atoms with Gasteiger partial charge in [0.15, 0.2) is 0 Å². The zero-order chi connectivity index (χ0) is 15.5. The molecule has 2 nitrogen and oxygen atoms in total. The predicted octanol–water partition coefficient (Wildman–Crippen LogP) is 5.78. The lowest BCUT2D eigenvalue weighted by Crippen LogP contribution is -2.35. The molecule has 0 saturated carbocycles. The van der Waals surface area contributed by atoms with Gasteiger partial charge in [-0.25, -0.2) is 0 Å². The molecular weight excluding hydrogens is 350 g/mol. The Kier molecular flexibility index (Phi) is 5.31. The van der Waals surface area contributed by atoms with E-state index in [-0.39, 0.29) is 5.54 Å². The standard InChI is InChI=1S/C17H19BrClNO/c1-17(2,3)20-11-12-9-13(18)7-8-16(12)21-15-6-4-5-14(19)10-15/h4-10,20H,11H2,1-3H3. The average molecular weight is 369 g/mol. The minimum Gasteiger partial charge on any atom is -0.457 e. The Bertz CT molecular complexity index is 622. The van der Waals surface area contributed by atoms with E-state index in [0.717, 1.165) is 28.1 Å². The van der Waals surface area contributed by atoms with Crippen LogP contribution >= 0.6 is 27.5 Å². The molecule has 2 aromatic rings. The van der Waals surface area contributed by atoms with Gasteiger partial charge < -0.3 is 10.1 Å². The number of hydrogen-bond acceptors (Lipinski definition) is 2. The van der Waals surface area contributed by atoms with Gasteiger partial charge in [0, 0.05) is 27.1 Å². The maximum Gasteiger partial charge on any atom is 0.131 e. The van der Waals surface area contributed by atoms with E-state index in [1.54, 1.807) is 0 Å². The number of ether oxygens (including phenoxy) is 1. The highest BCUT2D eigenvalue weighted by atomic mass is 79.9. The summed E-state index contributed by atoms with van der Waals surface area (Å²) in [4.78, 5) is 0. The molecule has 0 bridgehead atoms. The molecule has 0 fully saturated rings. The van der Waals surface area contributed by atoms with E-state index in [0.29, 0.717) is 5.02 Å². The lowest BCUT2D eigenvalue weighted by molar-refractivity contribution is 0.414. The SMILES string of the molecule is CC(C)(C)NCc1cc(Br)ccc1Oc1cccc(Cl)c1. The number of rotatable bonds is 4. The molecule has 0 amide bonds. The molecule has 0 radical (unpaired) electrons. The predicted molar refractivity (Wildman–Crippen MR) is 92.3 cm³/mol. The molecule has 4 heteroatoms. The Morgan fingerprint density at radius 3 is 2.57 bits per heavy atom. The van der Waals surface area contributed by atoms with Crippen molar-refractivity contribution in [3.8, 4) is 11.5 Å². The molecule has 21 heavy (non-hydrogen) atoms. The molecule has 0 aliphatic rings. The zero-order valence-electron chi connectivity index (χ0n) is 12.4. The molecule has 0 aliphatic carbocycles. The third-order valence-corrected chi connectivity index (χ3v) is 3.58. The normalized spacial score (nSPS) is 11.5. The topological polar surface area (TPSA) is 21.3 Å². The van der Waals surface area contributed by atoms with E-state index in [9.17, 15) is 0 Å². The van der Waals surface area contributed by atoms with E-state index in [1.165, 1.54) is 0 Å². The second-order valence-electron chi connectivity index (χ2n) is 5.92. The van der Waals surface area contributed by atoms with Crippen molar-refractivity contribution in [2.45, 2.75) is 32.9 Å². The minimum atomic E-state index is 0.0512. The summed E-state index contributed by atoms with van der Waals surface area (Å²) in [5.74, 6) is 1.57. The van der Waals surface area contributed by atoms with Crippen LogP contribution in [0.5, 0.6) is 11.5 Å². The van der Waals surface area contributed by atoms with Crippen molar-refractivity contribution in [2.24, 2.45) is 0 Å². The summed E-state index contributed by atoms with van der Waals surface area (Å²) in [7, 11) is 0. The average Bonchev–Trinajstić information content (AvgIpc) is 2.38. The second kappa shape index (κ2) is 6.82. The molecule has 0 atom stereocenters. The van der Waals surface area contributed by atoms with Crippen molar-refractivity contribution in [1.29, 1.82) is 0 Å².